The van der Waals surface area contributed by atoms with Crippen molar-refractivity contribution in [3.8, 4) is 11.5 Å². The van der Waals surface area contributed by atoms with E-state index < -0.39 is 6.04 Å². The standard InChI is InChI=1S/C23H26N4O4S/c1-13(2)20(26-21(29)17-8-6-5-7-14(17)3)22(30)27-23-25-18(12-32-23)19-10-9-16(31-19)11-24-15(4)28/h5-10,12-13,20H,11H2,1-4H3,(H,24,28)(H,26,29)(H,25,27,30)/t20-/m0/s1. The molecule has 0 aliphatic rings. The molecule has 0 spiro atoms. The molecule has 3 rings (SSSR count). The number of benzene rings is 1. The quantitative estimate of drug-likeness (QED) is 0.480. The number of thiazole rings is 1. The molecule has 0 fully saturated rings. The van der Waals surface area contributed by atoms with E-state index in [4.69, 9.17) is 4.42 Å². The summed E-state index contributed by atoms with van der Waals surface area (Å²) >= 11 is 1.26. The number of nitrogens with zero attached hydrogens (tertiary/aromatic N) is 1. The van der Waals surface area contributed by atoms with Gasteiger partial charge in [-0.2, -0.15) is 0 Å². The number of rotatable bonds is 8. The zero-order valence-electron chi connectivity index (χ0n) is 18.4. The molecule has 2 heterocycles. The van der Waals surface area contributed by atoms with Crippen molar-refractivity contribution in [2.45, 2.75) is 40.3 Å². The molecule has 3 aromatic rings. The predicted octanol–water partition coefficient (Wildman–Crippen LogP) is 3.74. The number of hydrogen-bond acceptors (Lipinski definition) is 6. The molecule has 0 saturated carbocycles. The fraction of sp³-hybridized carbons (Fsp3) is 0.304. The average Bonchev–Trinajstić information content (AvgIpc) is 3.39. The highest BCUT2D eigenvalue weighted by Crippen LogP contribution is 2.27. The first-order valence-corrected chi connectivity index (χ1v) is 11.1. The van der Waals surface area contributed by atoms with Gasteiger partial charge >= 0.3 is 0 Å². The summed E-state index contributed by atoms with van der Waals surface area (Å²) in [7, 11) is 0. The van der Waals surface area contributed by atoms with Gasteiger partial charge in [-0.1, -0.05) is 32.0 Å². The minimum atomic E-state index is -0.720. The molecule has 0 bridgehead atoms. The highest BCUT2D eigenvalue weighted by molar-refractivity contribution is 7.14. The van der Waals surface area contributed by atoms with Crippen LogP contribution in [0.25, 0.3) is 11.5 Å². The first kappa shape index (κ1) is 23.2. The summed E-state index contributed by atoms with van der Waals surface area (Å²) in [4.78, 5) is 41.0. The van der Waals surface area contributed by atoms with Crippen LogP contribution in [0.4, 0.5) is 5.13 Å². The Morgan fingerprint density at radius 3 is 2.56 bits per heavy atom. The fourth-order valence-corrected chi connectivity index (χ4v) is 3.73. The Balaban J connectivity index is 1.66. The Hall–Kier alpha value is -3.46. The lowest BCUT2D eigenvalue weighted by molar-refractivity contribution is -0.119. The van der Waals surface area contributed by atoms with Crippen LogP contribution in [0.2, 0.25) is 0 Å². The molecule has 0 unspecified atom stereocenters. The lowest BCUT2D eigenvalue weighted by Crippen LogP contribution is -2.47. The van der Waals surface area contributed by atoms with Crippen LogP contribution in [0.5, 0.6) is 0 Å². The van der Waals surface area contributed by atoms with Gasteiger partial charge in [-0.05, 0) is 36.6 Å². The van der Waals surface area contributed by atoms with Gasteiger partial charge in [-0.3, -0.25) is 14.4 Å². The third kappa shape index (κ3) is 5.82. The summed E-state index contributed by atoms with van der Waals surface area (Å²) in [6, 6.07) is 10.0. The zero-order valence-corrected chi connectivity index (χ0v) is 19.2. The van der Waals surface area contributed by atoms with E-state index in [1.165, 1.54) is 18.3 Å². The van der Waals surface area contributed by atoms with Gasteiger partial charge in [0.2, 0.25) is 11.8 Å². The van der Waals surface area contributed by atoms with Crippen molar-refractivity contribution in [1.29, 1.82) is 0 Å². The first-order chi connectivity index (χ1) is 15.2. The molecule has 3 N–H and O–H groups in total. The van der Waals surface area contributed by atoms with Gasteiger partial charge in [0, 0.05) is 17.9 Å². The first-order valence-electron chi connectivity index (χ1n) is 10.2. The lowest BCUT2D eigenvalue weighted by atomic mass is 10.0. The Kier molecular flexibility index (Phi) is 7.42. The molecule has 1 aromatic carbocycles. The Morgan fingerprint density at radius 1 is 1.12 bits per heavy atom. The number of nitrogens with one attached hydrogen (secondary N) is 3. The summed E-state index contributed by atoms with van der Waals surface area (Å²) in [6.07, 6.45) is 0. The van der Waals surface area contributed by atoms with E-state index in [9.17, 15) is 14.4 Å². The smallest absolute Gasteiger partial charge is 0.252 e. The number of carbonyl (C=O) groups is 3. The van der Waals surface area contributed by atoms with Crippen LogP contribution in [0.3, 0.4) is 0 Å². The van der Waals surface area contributed by atoms with Crippen molar-refractivity contribution in [3.05, 3.63) is 58.7 Å². The van der Waals surface area contributed by atoms with Gasteiger partial charge in [0.05, 0.1) is 6.54 Å². The molecule has 1 atom stereocenters. The van der Waals surface area contributed by atoms with Crippen molar-refractivity contribution >= 4 is 34.2 Å². The second kappa shape index (κ2) is 10.2. The third-order valence-electron chi connectivity index (χ3n) is 4.79. The van der Waals surface area contributed by atoms with Crippen LogP contribution in [0.15, 0.2) is 46.2 Å². The van der Waals surface area contributed by atoms with E-state index in [2.05, 4.69) is 20.9 Å². The molecular formula is C23H26N4O4S. The van der Waals surface area contributed by atoms with Crippen molar-refractivity contribution in [2.24, 2.45) is 5.92 Å². The molecule has 2 aromatic heterocycles. The molecule has 0 radical (unpaired) electrons. The Labute approximate surface area is 190 Å². The van der Waals surface area contributed by atoms with Crippen molar-refractivity contribution in [3.63, 3.8) is 0 Å². The highest BCUT2D eigenvalue weighted by atomic mass is 32.1. The van der Waals surface area contributed by atoms with Crippen LogP contribution in [0.1, 0.15) is 42.5 Å². The minimum absolute atomic E-state index is 0.121. The Bertz CT molecular complexity index is 1120. The van der Waals surface area contributed by atoms with Gasteiger partial charge in [0.15, 0.2) is 10.9 Å². The highest BCUT2D eigenvalue weighted by Gasteiger charge is 2.26. The summed E-state index contributed by atoms with van der Waals surface area (Å²) in [6.45, 7) is 7.32. The molecule has 0 aliphatic carbocycles. The molecule has 168 valence electrons. The van der Waals surface area contributed by atoms with E-state index >= 15 is 0 Å². The normalized spacial score (nSPS) is 11.8. The number of amides is 3. The van der Waals surface area contributed by atoms with Crippen LogP contribution in [-0.2, 0) is 16.1 Å². The zero-order chi connectivity index (χ0) is 23.3. The van der Waals surface area contributed by atoms with E-state index in [0.717, 1.165) is 5.56 Å². The van der Waals surface area contributed by atoms with Gasteiger partial charge in [-0.25, -0.2) is 4.98 Å². The second-order valence-electron chi connectivity index (χ2n) is 7.71. The minimum Gasteiger partial charge on any atom is -0.458 e. The van der Waals surface area contributed by atoms with E-state index in [-0.39, 0.29) is 23.6 Å². The maximum atomic E-state index is 12.9. The SMILES string of the molecule is CC(=O)NCc1ccc(-c2csc(NC(=O)[C@@H](NC(=O)c3ccccc3C)C(C)C)n2)o1. The molecule has 8 nitrogen and oxygen atoms in total. The fourth-order valence-electron chi connectivity index (χ4n) is 3.03. The summed E-state index contributed by atoms with van der Waals surface area (Å²) in [5, 5.41) is 10.5. The summed E-state index contributed by atoms with van der Waals surface area (Å²) < 4.78 is 5.70. The average molecular weight is 455 g/mol. The van der Waals surface area contributed by atoms with E-state index in [0.29, 0.717) is 34.5 Å². The summed E-state index contributed by atoms with van der Waals surface area (Å²) in [5.41, 5.74) is 1.95. The predicted molar refractivity (Wildman–Crippen MR) is 123 cm³/mol. The van der Waals surface area contributed by atoms with Crippen LogP contribution >= 0.6 is 11.3 Å². The number of anilines is 1. The molecule has 32 heavy (non-hydrogen) atoms. The van der Waals surface area contributed by atoms with Gasteiger partial charge < -0.3 is 20.4 Å². The number of hydrogen-bond donors (Lipinski definition) is 3. The number of carbonyl (C=O) groups excluding carboxylic acids is 3. The molecule has 0 saturated heterocycles. The third-order valence-corrected chi connectivity index (χ3v) is 5.54. The molecule has 0 aliphatic heterocycles. The molecular weight excluding hydrogens is 428 g/mol. The lowest BCUT2D eigenvalue weighted by Gasteiger charge is -2.21. The van der Waals surface area contributed by atoms with Crippen molar-refractivity contribution in [1.82, 2.24) is 15.6 Å². The maximum absolute atomic E-state index is 12.9. The monoisotopic (exact) mass is 454 g/mol. The largest absolute Gasteiger partial charge is 0.458 e. The van der Waals surface area contributed by atoms with Crippen LogP contribution in [0, 0.1) is 12.8 Å². The van der Waals surface area contributed by atoms with Crippen molar-refractivity contribution in [2.75, 3.05) is 5.32 Å². The molecule has 9 heteroatoms. The topological polar surface area (TPSA) is 113 Å². The van der Waals surface area contributed by atoms with Crippen molar-refractivity contribution < 1.29 is 18.8 Å². The van der Waals surface area contributed by atoms with E-state index in [1.807, 2.05) is 32.9 Å². The summed E-state index contributed by atoms with van der Waals surface area (Å²) in [5.74, 6) is 0.246. The number of aromatic nitrogens is 1. The van der Waals surface area contributed by atoms with E-state index in [1.54, 1.807) is 29.6 Å². The van der Waals surface area contributed by atoms with Crippen LogP contribution < -0.4 is 16.0 Å². The number of furan rings is 1. The Morgan fingerprint density at radius 2 is 1.88 bits per heavy atom. The van der Waals surface area contributed by atoms with Gasteiger partial charge in [0.25, 0.3) is 5.91 Å². The number of aryl methyl sites for hydroxylation is 1. The molecule has 3 amide bonds. The van der Waals surface area contributed by atoms with Gasteiger partial charge in [0.1, 0.15) is 17.5 Å². The van der Waals surface area contributed by atoms with Gasteiger partial charge in [-0.15, -0.1) is 11.3 Å². The van der Waals surface area contributed by atoms with Crippen LogP contribution in [-0.4, -0.2) is 28.7 Å². The second-order valence-corrected chi connectivity index (χ2v) is 8.57. The maximum Gasteiger partial charge on any atom is 0.252 e.